The molecule has 0 radical (unpaired) electrons. The van der Waals surface area contributed by atoms with E-state index in [2.05, 4.69) is 182 Å². The second-order valence-electron chi connectivity index (χ2n) is 16.7. The van der Waals surface area contributed by atoms with Gasteiger partial charge in [0.05, 0.1) is 5.69 Å². The van der Waals surface area contributed by atoms with Gasteiger partial charge in [-0.3, -0.25) is 0 Å². The molecule has 12 rings (SSSR count). The highest BCUT2D eigenvalue weighted by Gasteiger charge is 2.47. The molecule has 4 aliphatic rings. The maximum Gasteiger partial charge on any atom is 0.262 e. The molecule has 0 aliphatic carbocycles. The minimum Gasteiger partial charge on any atom is -0.458 e. The molecule has 0 spiro atoms. The number of hydrogen-bond donors (Lipinski definition) is 0. The fourth-order valence-electron chi connectivity index (χ4n) is 9.48. The Morgan fingerprint density at radius 3 is 1.66 bits per heavy atom. The highest BCUT2D eigenvalue weighted by atomic mass is 16.5. The quantitative estimate of drug-likeness (QED) is 0.167. The molecule has 4 aliphatic heterocycles. The summed E-state index contributed by atoms with van der Waals surface area (Å²) in [5, 5.41) is 0. The van der Waals surface area contributed by atoms with Gasteiger partial charge in [-0.15, -0.1) is 0 Å². The van der Waals surface area contributed by atoms with Gasteiger partial charge in [-0.2, -0.15) is 4.98 Å². The van der Waals surface area contributed by atoms with E-state index in [0.29, 0.717) is 17.5 Å². The standard InChI is InChI=1S/C51H37B2N3O3/c1-51(2,3)32-27-42-47-44(28-32)58-49-39(52(47)37-23-13-15-25-41(37)56(42)35-21-11-6-12-22-35)31-40-50(54-49)59-46-30-36(29-45-48(46)53(40)38-24-14-16-26-43(38)57-45)55(33-17-7-4-8-18-33)34-19-9-5-10-20-34/h4-31H,1-3H3. The first kappa shape index (κ1) is 33.9. The Morgan fingerprint density at radius 2 is 1.00 bits per heavy atom. The number of hydrogen-bond acceptors (Lipinski definition) is 6. The first-order chi connectivity index (χ1) is 28.9. The van der Waals surface area contributed by atoms with Crippen LogP contribution in [0.25, 0.3) is 0 Å². The number of fused-ring (bicyclic) bond motifs is 8. The highest BCUT2D eigenvalue weighted by molar-refractivity contribution is 7.01. The average Bonchev–Trinajstić information content (AvgIpc) is 3.26. The van der Waals surface area contributed by atoms with Gasteiger partial charge in [0.25, 0.3) is 13.4 Å². The van der Waals surface area contributed by atoms with Gasteiger partial charge in [0, 0.05) is 46.0 Å². The maximum absolute atomic E-state index is 7.02. The van der Waals surface area contributed by atoms with Crippen molar-refractivity contribution in [2.75, 3.05) is 9.80 Å². The van der Waals surface area contributed by atoms with Crippen LogP contribution in [0.2, 0.25) is 0 Å². The molecule has 5 heterocycles. The van der Waals surface area contributed by atoms with E-state index >= 15 is 0 Å². The molecular weight excluding hydrogens is 724 g/mol. The predicted molar refractivity (Wildman–Crippen MR) is 241 cm³/mol. The molecular formula is C51H37B2N3O3. The van der Waals surface area contributed by atoms with E-state index in [9.17, 15) is 0 Å². The summed E-state index contributed by atoms with van der Waals surface area (Å²) in [6, 6.07) is 59.7. The van der Waals surface area contributed by atoms with Crippen LogP contribution >= 0.6 is 0 Å². The summed E-state index contributed by atoms with van der Waals surface area (Å²) in [6.07, 6.45) is 0. The van der Waals surface area contributed by atoms with Crippen molar-refractivity contribution in [1.29, 1.82) is 0 Å². The summed E-state index contributed by atoms with van der Waals surface area (Å²) in [4.78, 5) is 9.98. The molecule has 7 aromatic carbocycles. The molecule has 0 fully saturated rings. The van der Waals surface area contributed by atoms with Crippen LogP contribution in [0.5, 0.6) is 34.8 Å². The van der Waals surface area contributed by atoms with Crippen molar-refractivity contribution in [3.63, 3.8) is 0 Å². The van der Waals surface area contributed by atoms with Crippen LogP contribution in [0.15, 0.2) is 170 Å². The Kier molecular flexibility index (Phi) is 7.28. The highest BCUT2D eigenvalue weighted by Crippen LogP contribution is 2.45. The molecule has 1 aromatic heterocycles. The molecule has 8 heteroatoms. The Balaban J connectivity index is 1.07. The van der Waals surface area contributed by atoms with Gasteiger partial charge < -0.3 is 24.0 Å². The maximum atomic E-state index is 7.02. The van der Waals surface area contributed by atoms with Gasteiger partial charge in [-0.05, 0) is 99.0 Å². The summed E-state index contributed by atoms with van der Waals surface area (Å²) in [7, 11) is 0. The van der Waals surface area contributed by atoms with E-state index in [4.69, 9.17) is 19.2 Å². The Hall–Kier alpha value is -7.18. The third kappa shape index (κ3) is 5.19. The SMILES string of the molecule is CC(C)(C)c1cc2c3c(c1)N(c1ccccc1)c1ccccc1B3c1cc3c(nc1O2)Oc1cc(N(c2ccccc2)c2ccccc2)cc2c1B3c1ccccc1O2. The summed E-state index contributed by atoms with van der Waals surface area (Å²) in [6.45, 7) is 6.47. The Bertz CT molecular complexity index is 2950. The van der Waals surface area contributed by atoms with Crippen molar-refractivity contribution >= 4 is 80.3 Å². The van der Waals surface area contributed by atoms with Crippen molar-refractivity contribution in [2.24, 2.45) is 0 Å². The average molecular weight is 761 g/mol. The molecule has 0 unspecified atom stereocenters. The molecule has 59 heavy (non-hydrogen) atoms. The third-order valence-corrected chi connectivity index (χ3v) is 12.2. The van der Waals surface area contributed by atoms with Crippen molar-refractivity contribution in [3.8, 4) is 34.8 Å². The van der Waals surface area contributed by atoms with Gasteiger partial charge in [-0.25, -0.2) is 0 Å². The molecule has 0 saturated carbocycles. The van der Waals surface area contributed by atoms with Gasteiger partial charge in [-0.1, -0.05) is 118 Å². The third-order valence-electron chi connectivity index (χ3n) is 12.2. The van der Waals surface area contributed by atoms with E-state index in [-0.39, 0.29) is 18.8 Å². The van der Waals surface area contributed by atoms with Gasteiger partial charge >= 0.3 is 0 Å². The zero-order valence-corrected chi connectivity index (χ0v) is 32.9. The minimum atomic E-state index is -0.175. The first-order valence-electron chi connectivity index (χ1n) is 20.3. The van der Waals surface area contributed by atoms with E-state index in [1.54, 1.807) is 0 Å². The number of nitrogens with zero attached hydrogens (tertiary/aromatic N) is 3. The number of ether oxygens (including phenoxy) is 3. The summed E-state index contributed by atoms with van der Waals surface area (Å²) in [5.41, 5.74) is 13.9. The number of anilines is 6. The largest absolute Gasteiger partial charge is 0.458 e. The second kappa shape index (κ2) is 12.7. The number of benzene rings is 7. The molecule has 0 N–H and O–H groups in total. The fraction of sp³-hybridized carbons (Fsp3) is 0.0784. The van der Waals surface area contributed by atoms with Crippen molar-refractivity contribution in [3.05, 3.63) is 175 Å². The zero-order valence-electron chi connectivity index (χ0n) is 32.9. The fourth-order valence-corrected chi connectivity index (χ4v) is 9.48. The van der Waals surface area contributed by atoms with Crippen molar-refractivity contribution < 1.29 is 14.2 Å². The molecule has 280 valence electrons. The lowest BCUT2D eigenvalue weighted by Gasteiger charge is -2.41. The van der Waals surface area contributed by atoms with Crippen molar-refractivity contribution in [2.45, 2.75) is 26.2 Å². The van der Waals surface area contributed by atoms with Crippen LogP contribution in [-0.2, 0) is 5.41 Å². The van der Waals surface area contributed by atoms with Crippen LogP contribution in [-0.4, -0.2) is 18.4 Å². The lowest BCUT2D eigenvalue weighted by molar-refractivity contribution is 0.427. The number of para-hydroxylation sites is 5. The molecule has 0 atom stereocenters. The normalized spacial score (nSPS) is 13.6. The van der Waals surface area contributed by atoms with Gasteiger partial charge in [0.2, 0.25) is 11.8 Å². The van der Waals surface area contributed by atoms with E-state index in [0.717, 1.165) is 78.7 Å². The number of rotatable bonds is 4. The van der Waals surface area contributed by atoms with Crippen LogP contribution < -0.4 is 56.8 Å². The van der Waals surface area contributed by atoms with Crippen LogP contribution in [0.3, 0.4) is 0 Å². The molecule has 0 amide bonds. The zero-order chi connectivity index (χ0) is 39.4. The van der Waals surface area contributed by atoms with Crippen LogP contribution in [0, 0.1) is 0 Å². The van der Waals surface area contributed by atoms with E-state index in [1.807, 2.05) is 18.2 Å². The van der Waals surface area contributed by atoms with Gasteiger partial charge in [0.1, 0.15) is 23.0 Å². The van der Waals surface area contributed by atoms with Crippen molar-refractivity contribution in [1.82, 2.24) is 4.98 Å². The smallest absolute Gasteiger partial charge is 0.262 e. The lowest BCUT2D eigenvalue weighted by atomic mass is 9.31. The van der Waals surface area contributed by atoms with Crippen LogP contribution in [0.4, 0.5) is 34.1 Å². The number of pyridine rings is 1. The van der Waals surface area contributed by atoms with Gasteiger partial charge in [0.15, 0.2) is 0 Å². The lowest BCUT2D eigenvalue weighted by Crippen LogP contribution is -2.63. The summed E-state index contributed by atoms with van der Waals surface area (Å²) in [5.74, 6) is 4.23. The van der Waals surface area contributed by atoms with E-state index in [1.165, 1.54) is 11.0 Å². The first-order valence-corrected chi connectivity index (χ1v) is 20.3. The summed E-state index contributed by atoms with van der Waals surface area (Å²) < 4.78 is 20.8. The topological polar surface area (TPSA) is 47.1 Å². The second-order valence-corrected chi connectivity index (χ2v) is 16.7. The van der Waals surface area contributed by atoms with Crippen LogP contribution in [0.1, 0.15) is 26.3 Å². The molecule has 8 aromatic rings. The predicted octanol–water partition coefficient (Wildman–Crippen LogP) is 8.98. The monoisotopic (exact) mass is 761 g/mol. The Morgan fingerprint density at radius 1 is 0.458 bits per heavy atom. The summed E-state index contributed by atoms with van der Waals surface area (Å²) >= 11 is 0. The Labute approximate surface area is 344 Å². The molecule has 6 nitrogen and oxygen atoms in total. The molecule has 0 bridgehead atoms. The van der Waals surface area contributed by atoms with E-state index < -0.39 is 0 Å². The number of aromatic nitrogens is 1. The molecule has 0 saturated heterocycles. The minimum absolute atomic E-state index is 0.115.